The van der Waals surface area contributed by atoms with Crippen molar-refractivity contribution in [1.29, 1.82) is 0 Å². The molecule has 1 fully saturated rings. The van der Waals surface area contributed by atoms with Crippen LogP contribution in [0.25, 0.3) is 5.57 Å². The molecule has 3 unspecified atom stereocenters. The van der Waals surface area contributed by atoms with Gasteiger partial charge >= 0.3 is 5.97 Å². The Labute approximate surface area is 189 Å². The van der Waals surface area contributed by atoms with Crippen molar-refractivity contribution in [1.82, 2.24) is 4.90 Å². The van der Waals surface area contributed by atoms with Gasteiger partial charge in [0, 0.05) is 37.2 Å². The molecule has 3 aromatic carbocycles. The molecule has 0 spiro atoms. The number of carbonyl (C=O) groups is 1. The van der Waals surface area contributed by atoms with Gasteiger partial charge in [-0.1, -0.05) is 78.9 Å². The Morgan fingerprint density at radius 2 is 1.69 bits per heavy atom. The normalized spacial score (nSPS) is 25.2. The van der Waals surface area contributed by atoms with E-state index in [2.05, 4.69) is 41.3 Å². The van der Waals surface area contributed by atoms with E-state index in [0.29, 0.717) is 25.2 Å². The first-order valence-corrected chi connectivity index (χ1v) is 11.2. The molecule has 5 rings (SSSR count). The summed E-state index contributed by atoms with van der Waals surface area (Å²) in [5.74, 6) is -0.886. The van der Waals surface area contributed by atoms with Gasteiger partial charge in [-0.15, -0.1) is 0 Å². The quantitative estimate of drug-likeness (QED) is 0.563. The predicted octanol–water partition coefficient (Wildman–Crippen LogP) is 5.04. The number of hydrogen-bond acceptors (Lipinski definition) is 3. The number of carboxylic acids is 1. The van der Waals surface area contributed by atoms with E-state index in [-0.39, 0.29) is 11.8 Å². The minimum atomic E-state index is -0.884. The van der Waals surface area contributed by atoms with Crippen LogP contribution in [0.1, 0.15) is 29.0 Å². The maximum absolute atomic E-state index is 13.1. The highest BCUT2D eigenvalue weighted by atomic mass is 16.4. The lowest BCUT2D eigenvalue weighted by molar-refractivity contribution is -0.151. The van der Waals surface area contributed by atoms with E-state index in [1.165, 1.54) is 5.56 Å². The van der Waals surface area contributed by atoms with Gasteiger partial charge in [-0.2, -0.15) is 0 Å². The zero-order chi connectivity index (χ0) is 22.1. The molecule has 3 N–H and O–H groups in total. The van der Waals surface area contributed by atoms with Crippen LogP contribution in [0.5, 0.6) is 0 Å². The number of anilines is 1. The fourth-order valence-electron chi connectivity index (χ4n) is 5.78. The van der Waals surface area contributed by atoms with Crippen LogP contribution in [-0.4, -0.2) is 29.1 Å². The standard InChI is InChI=1S/C28H28N2O2/c29-23-13-7-12-22(16-23)24-14-15-25(21-10-5-2-6-11-21)28(27(31)32)19-30(18-26(24)28)17-20-8-3-1-4-9-20/h1-14,16,25-26H,15,17-19,29H2,(H,31,32). The van der Waals surface area contributed by atoms with Crippen molar-refractivity contribution in [3.8, 4) is 0 Å². The highest BCUT2D eigenvalue weighted by molar-refractivity contribution is 5.85. The highest BCUT2D eigenvalue weighted by Crippen LogP contribution is 2.57. The number of likely N-dealkylation sites (tertiary alicyclic amines) is 1. The van der Waals surface area contributed by atoms with E-state index in [0.717, 1.165) is 23.2 Å². The summed E-state index contributed by atoms with van der Waals surface area (Å²) in [6.45, 7) is 1.99. The molecule has 0 bridgehead atoms. The number of rotatable bonds is 5. The Bertz CT molecular complexity index is 1140. The van der Waals surface area contributed by atoms with Crippen LogP contribution in [0.4, 0.5) is 5.69 Å². The molecule has 3 aromatic rings. The summed E-state index contributed by atoms with van der Waals surface area (Å²) in [5.41, 5.74) is 10.4. The van der Waals surface area contributed by atoms with E-state index in [1.54, 1.807) is 0 Å². The van der Waals surface area contributed by atoms with Crippen LogP contribution in [0, 0.1) is 11.3 Å². The largest absolute Gasteiger partial charge is 0.481 e. The van der Waals surface area contributed by atoms with Crippen LogP contribution < -0.4 is 5.73 Å². The van der Waals surface area contributed by atoms with Gasteiger partial charge < -0.3 is 10.8 Å². The molecule has 0 saturated carbocycles. The number of hydrogen-bond donors (Lipinski definition) is 2. The zero-order valence-electron chi connectivity index (χ0n) is 18.0. The molecule has 1 saturated heterocycles. The average Bonchev–Trinajstić information content (AvgIpc) is 3.20. The number of nitrogen functional groups attached to an aromatic ring is 1. The second-order valence-corrected chi connectivity index (χ2v) is 9.04. The van der Waals surface area contributed by atoms with E-state index in [9.17, 15) is 9.90 Å². The molecule has 32 heavy (non-hydrogen) atoms. The Morgan fingerprint density at radius 1 is 0.969 bits per heavy atom. The Kier molecular flexibility index (Phi) is 5.32. The molecule has 0 radical (unpaired) electrons. The van der Waals surface area contributed by atoms with E-state index in [4.69, 9.17) is 5.73 Å². The van der Waals surface area contributed by atoms with Gasteiger partial charge in [0.15, 0.2) is 0 Å². The Hall–Kier alpha value is -3.37. The van der Waals surface area contributed by atoms with Gasteiger partial charge in [-0.25, -0.2) is 0 Å². The number of fused-ring (bicyclic) bond motifs is 1. The fraction of sp³-hybridized carbons (Fsp3) is 0.250. The minimum absolute atomic E-state index is 0.0724. The summed E-state index contributed by atoms with van der Waals surface area (Å²) in [7, 11) is 0. The lowest BCUT2D eigenvalue weighted by Crippen LogP contribution is -2.46. The number of nitrogens with two attached hydrogens (primary N) is 1. The molecule has 1 aliphatic heterocycles. The first-order chi connectivity index (χ1) is 15.6. The SMILES string of the molecule is Nc1cccc(C2=CCC(c3ccccc3)C3(C(=O)O)CN(Cc4ccccc4)CC23)c1. The molecular formula is C28H28N2O2. The number of allylic oxidation sites excluding steroid dienone is 1. The Balaban J connectivity index is 1.60. The molecule has 3 atom stereocenters. The monoisotopic (exact) mass is 424 g/mol. The topological polar surface area (TPSA) is 66.6 Å². The molecule has 0 aromatic heterocycles. The number of carboxylic acid groups (broad SMARTS) is 1. The van der Waals surface area contributed by atoms with Gasteiger partial charge in [-0.05, 0) is 40.8 Å². The summed E-state index contributed by atoms with van der Waals surface area (Å²) >= 11 is 0. The molecule has 4 nitrogen and oxygen atoms in total. The highest BCUT2D eigenvalue weighted by Gasteiger charge is 2.59. The summed E-state index contributed by atoms with van der Waals surface area (Å²) in [6.07, 6.45) is 2.96. The van der Waals surface area contributed by atoms with Crippen molar-refractivity contribution in [2.24, 2.45) is 11.3 Å². The summed E-state index contributed by atoms with van der Waals surface area (Å²) < 4.78 is 0. The zero-order valence-corrected chi connectivity index (χ0v) is 18.0. The first kappa shape index (κ1) is 20.5. The second-order valence-electron chi connectivity index (χ2n) is 9.04. The van der Waals surface area contributed by atoms with Gasteiger partial charge in [-0.3, -0.25) is 9.69 Å². The van der Waals surface area contributed by atoms with E-state index < -0.39 is 11.4 Å². The average molecular weight is 425 g/mol. The van der Waals surface area contributed by atoms with E-state index >= 15 is 0 Å². The van der Waals surface area contributed by atoms with E-state index in [1.807, 2.05) is 54.6 Å². The third-order valence-corrected chi connectivity index (χ3v) is 7.19. The lowest BCUT2D eigenvalue weighted by Gasteiger charge is -2.42. The summed E-state index contributed by atoms with van der Waals surface area (Å²) in [4.78, 5) is 15.4. The maximum Gasteiger partial charge on any atom is 0.312 e. The van der Waals surface area contributed by atoms with Gasteiger partial charge in [0.1, 0.15) is 0 Å². The molecular weight excluding hydrogens is 396 g/mol. The predicted molar refractivity (Wildman–Crippen MR) is 128 cm³/mol. The van der Waals surface area contributed by atoms with Crippen LogP contribution in [0.15, 0.2) is 91.0 Å². The van der Waals surface area contributed by atoms with Crippen molar-refractivity contribution in [2.45, 2.75) is 18.9 Å². The molecule has 162 valence electrons. The van der Waals surface area contributed by atoms with Gasteiger partial charge in [0.25, 0.3) is 0 Å². The third-order valence-electron chi connectivity index (χ3n) is 7.19. The van der Waals surface area contributed by atoms with Gasteiger partial charge in [0.2, 0.25) is 0 Å². The summed E-state index contributed by atoms with van der Waals surface area (Å²) in [5, 5.41) is 10.8. The van der Waals surface area contributed by atoms with Crippen LogP contribution in [-0.2, 0) is 11.3 Å². The van der Waals surface area contributed by atoms with Crippen LogP contribution in [0.2, 0.25) is 0 Å². The van der Waals surface area contributed by atoms with Crippen molar-refractivity contribution in [3.05, 3.63) is 108 Å². The van der Waals surface area contributed by atoms with Crippen LogP contribution >= 0.6 is 0 Å². The third kappa shape index (κ3) is 3.51. The smallest absolute Gasteiger partial charge is 0.312 e. The number of nitrogens with zero attached hydrogens (tertiary/aromatic N) is 1. The lowest BCUT2D eigenvalue weighted by atomic mass is 9.59. The summed E-state index contributed by atoms with van der Waals surface area (Å²) in [6, 6.07) is 28.3. The molecule has 1 heterocycles. The van der Waals surface area contributed by atoms with Crippen molar-refractivity contribution in [2.75, 3.05) is 18.8 Å². The van der Waals surface area contributed by atoms with Gasteiger partial charge in [0.05, 0.1) is 5.41 Å². The minimum Gasteiger partial charge on any atom is -0.481 e. The first-order valence-electron chi connectivity index (χ1n) is 11.2. The molecule has 1 aliphatic carbocycles. The van der Waals surface area contributed by atoms with Crippen LogP contribution in [0.3, 0.4) is 0 Å². The number of benzene rings is 3. The molecule has 0 amide bonds. The Morgan fingerprint density at radius 3 is 2.38 bits per heavy atom. The van der Waals surface area contributed by atoms with Crippen molar-refractivity contribution >= 4 is 17.2 Å². The van der Waals surface area contributed by atoms with Crippen molar-refractivity contribution < 1.29 is 9.90 Å². The molecule has 2 aliphatic rings. The van der Waals surface area contributed by atoms with Crippen molar-refractivity contribution in [3.63, 3.8) is 0 Å². The second kappa shape index (κ2) is 8.29. The maximum atomic E-state index is 13.1. The number of aliphatic carboxylic acids is 1. The fourth-order valence-corrected chi connectivity index (χ4v) is 5.78. The molecule has 4 heteroatoms.